The summed E-state index contributed by atoms with van der Waals surface area (Å²) in [6.07, 6.45) is 3.08. The Hall–Kier alpha value is -2.44. The quantitative estimate of drug-likeness (QED) is 0.723. The van der Waals surface area contributed by atoms with Crippen molar-refractivity contribution in [2.24, 2.45) is 0 Å². The van der Waals surface area contributed by atoms with Gasteiger partial charge in [0.15, 0.2) is 5.76 Å². The van der Waals surface area contributed by atoms with Crippen LogP contribution in [0.4, 0.5) is 5.82 Å². The SMILES string of the molecule is Cc1cc(NCc2ccno2)n2ncnc2n1. The number of aromatic nitrogens is 5. The summed E-state index contributed by atoms with van der Waals surface area (Å²) < 4.78 is 6.65. The molecular formula is C10H10N6O. The molecule has 1 N–H and O–H groups in total. The lowest BCUT2D eigenvalue weighted by Gasteiger charge is -2.06. The van der Waals surface area contributed by atoms with Crippen LogP contribution in [-0.4, -0.2) is 24.7 Å². The minimum Gasteiger partial charge on any atom is -0.362 e. The van der Waals surface area contributed by atoms with E-state index in [2.05, 4.69) is 25.5 Å². The molecule has 0 saturated carbocycles. The minimum atomic E-state index is 0.540. The zero-order chi connectivity index (χ0) is 11.7. The third kappa shape index (κ3) is 1.82. The lowest BCUT2D eigenvalue weighted by Crippen LogP contribution is -2.06. The molecule has 0 aliphatic carbocycles. The highest BCUT2D eigenvalue weighted by Gasteiger charge is 2.05. The number of hydrogen-bond donors (Lipinski definition) is 1. The van der Waals surface area contributed by atoms with Gasteiger partial charge >= 0.3 is 0 Å². The van der Waals surface area contributed by atoms with Crippen molar-refractivity contribution in [1.82, 2.24) is 24.7 Å². The van der Waals surface area contributed by atoms with E-state index in [4.69, 9.17) is 4.52 Å². The molecule has 17 heavy (non-hydrogen) atoms. The van der Waals surface area contributed by atoms with Crippen molar-refractivity contribution < 1.29 is 4.52 Å². The van der Waals surface area contributed by atoms with Crippen LogP contribution in [0.3, 0.4) is 0 Å². The van der Waals surface area contributed by atoms with Crippen molar-refractivity contribution in [3.63, 3.8) is 0 Å². The minimum absolute atomic E-state index is 0.540. The van der Waals surface area contributed by atoms with Crippen LogP contribution in [0.15, 0.2) is 29.2 Å². The predicted octanol–water partition coefficient (Wildman–Crippen LogP) is 1.03. The molecule has 0 aliphatic heterocycles. The van der Waals surface area contributed by atoms with Gasteiger partial charge in [0, 0.05) is 17.8 Å². The molecule has 0 amide bonds. The van der Waals surface area contributed by atoms with Gasteiger partial charge in [0.25, 0.3) is 5.78 Å². The second-order valence-electron chi connectivity index (χ2n) is 3.59. The molecule has 86 valence electrons. The molecule has 3 aromatic heterocycles. The standard InChI is InChI=1S/C10H10N6O/c1-7-4-9(11-5-8-2-3-14-17-8)16-10(15-7)12-6-13-16/h2-4,6,11H,5H2,1H3. The molecule has 0 saturated heterocycles. The Labute approximate surface area is 96.5 Å². The van der Waals surface area contributed by atoms with Crippen molar-refractivity contribution in [3.8, 4) is 0 Å². The summed E-state index contributed by atoms with van der Waals surface area (Å²) in [4.78, 5) is 8.31. The first kappa shape index (κ1) is 9.76. The van der Waals surface area contributed by atoms with E-state index in [1.807, 2.05) is 13.0 Å². The smallest absolute Gasteiger partial charge is 0.254 e. The van der Waals surface area contributed by atoms with Crippen LogP contribution in [0, 0.1) is 6.92 Å². The molecule has 0 aliphatic rings. The zero-order valence-electron chi connectivity index (χ0n) is 9.16. The first-order valence-electron chi connectivity index (χ1n) is 5.14. The summed E-state index contributed by atoms with van der Waals surface area (Å²) in [5, 5.41) is 10.9. The lowest BCUT2D eigenvalue weighted by atomic mass is 10.4. The first-order valence-corrected chi connectivity index (χ1v) is 5.14. The van der Waals surface area contributed by atoms with Gasteiger partial charge in [-0.3, -0.25) is 0 Å². The lowest BCUT2D eigenvalue weighted by molar-refractivity contribution is 0.388. The van der Waals surface area contributed by atoms with Crippen LogP contribution in [-0.2, 0) is 6.54 Å². The molecule has 7 heteroatoms. The van der Waals surface area contributed by atoms with E-state index in [0.29, 0.717) is 12.3 Å². The molecule has 3 rings (SSSR count). The third-order valence-corrected chi connectivity index (χ3v) is 2.31. The van der Waals surface area contributed by atoms with Crippen molar-refractivity contribution >= 4 is 11.6 Å². The summed E-state index contributed by atoms with van der Waals surface area (Å²) in [5.41, 5.74) is 0.880. The average Bonchev–Trinajstić information content (AvgIpc) is 2.95. The molecular weight excluding hydrogens is 220 g/mol. The summed E-state index contributed by atoms with van der Waals surface area (Å²) in [7, 11) is 0. The van der Waals surface area contributed by atoms with Crippen LogP contribution in [0.1, 0.15) is 11.5 Å². The Morgan fingerprint density at radius 3 is 3.24 bits per heavy atom. The number of nitrogens with zero attached hydrogens (tertiary/aromatic N) is 5. The van der Waals surface area contributed by atoms with Gasteiger partial charge in [-0.1, -0.05) is 5.16 Å². The Balaban J connectivity index is 1.91. The molecule has 0 spiro atoms. The van der Waals surface area contributed by atoms with E-state index in [1.165, 1.54) is 6.33 Å². The highest BCUT2D eigenvalue weighted by molar-refractivity contribution is 5.44. The van der Waals surface area contributed by atoms with Crippen LogP contribution in [0.25, 0.3) is 5.78 Å². The van der Waals surface area contributed by atoms with E-state index in [1.54, 1.807) is 16.8 Å². The van der Waals surface area contributed by atoms with Crippen molar-refractivity contribution in [2.75, 3.05) is 5.32 Å². The Bertz CT molecular complexity index is 629. The second-order valence-corrected chi connectivity index (χ2v) is 3.59. The van der Waals surface area contributed by atoms with Gasteiger partial charge < -0.3 is 9.84 Å². The number of nitrogens with one attached hydrogen (secondary N) is 1. The van der Waals surface area contributed by atoms with Gasteiger partial charge in [0.2, 0.25) is 0 Å². The maximum atomic E-state index is 5.01. The van der Waals surface area contributed by atoms with E-state index in [-0.39, 0.29) is 0 Å². The number of rotatable bonds is 3. The highest BCUT2D eigenvalue weighted by Crippen LogP contribution is 2.11. The number of anilines is 1. The maximum Gasteiger partial charge on any atom is 0.254 e. The van der Waals surface area contributed by atoms with Gasteiger partial charge in [-0.05, 0) is 6.92 Å². The zero-order valence-corrected chi connectivity index (χ0v) is 9.16. The summed E-state index contributed by atoms with van der Waals surface area (Å²) >= 11 is 0. The van der Waals surface area contributed by atoms with Gasteiger partial charge in [0.1, 0.15) is 12.1 Å². The fourth-order valence-electron chi connectivity index (χ4n) is 1.57. The van der Waals surface area contributed by atoms with Crippen LogP contribution in [0.5, 0.6) is 0 Å². The Kier molecular flexibility index (Phi) is 2.21. The Morgan fingerprint density at radius 2 is 2.41 bits per heavy atom. The van der Waals surface area contributed by atoms with E-state index < -0.39 is 0 Å². The molecule has 0 unspecified atom stereocenters. The van der Waals surface area contributed by atoms with Crippen molar-refractivity contribution in [1.29, 1.82) is 0 Å². The predicted molar refractivity (Wildman–Crippen MR) is 59.3 cm³/mol. The molecule has 3 heterocycles. The number of hydrogen-bond acceptors (Lipinski definition) is 6. The van der Waals surface area contributed by atoms with Gasteiger partial charge in [0.05, 0.1) is 12.7 Å². The van der Waals surface area contributed by atoms with Crippen LogP contribution >= 0.6 is 0 Å². The van der Waals surface area contributed by atoms with Gasteiger partial charge in [-0.25, -0.2) is 4.98 Å². The first-order chi connectivity index (χ1) is 8.33. The molecule has 7 nitrogen and oxygen atoms in total. The molecule has 3 aromatic rings. The van der Waals surface area contributed by atoms with E-state index in [0.717, 1.165) is 17.3 Å². The second kappa shape index (κ2) is 3.85. The summed E-state index contributed by atoms with van der Waals surface area (Å²) in [6, 6.07) is 3.71. The summed E-state index contributed by atoms with van der Waals surface area (Å²) in [6.45, 7) is 2.45. The van der Waals surface area contributed by atoms with Crippen LogP contribution < -0.4 is 5.32 Å². The maximum absolute atomic E-state index is 5.01. The third-order valence-electron chi connectivity index (χ3n) is 2.31. The highest BCUT2D eigenvalue weighted by atomic mass is 16.5. The average molecular weight is 230 g/mol. The monoisotopic (exact) mass is 230 g/mol. The molecule has 0 aromatic carbocycles. The fourth-order valence-corrected chi connectivity index (χ4v) is 1.57. The number of aryl methyl sites for hydroxylation is 1. The van der Waals surface area contributed by atoms with Gasteiger partial charge in [-0.15, -0.1) is 0 Å². The molecule has 0 radical (unpaired) electrons. The largest absolute Gasteiger partial charge is 0.362 e. The topological polar surface area (TPSA) is 81.1 Å². The van der Waals surface area contributed by atoms with Crippen molar-refractivity contribution in [3.05, 3.63) is 36.1 Å². The fraction of sp³-hybridized carbons (Fsp3) is 0.200. The Morgan fingerprint density at radius 1 is 1.47 bits per heavy atom. The number of fused-ring (bicyclic) bond motifs is 1. The summed E-state index contributed by atoms with van der Waals surface area (Å²) in [5.74, 6) is 2.15. The van der Waals surface area contributed by atoms with Gasteiger partial charge in [-0.2, -0.15) is 14.6 Å². The molecule has 0 bridgehead atoms. The van der Waals surface area contributed by atoms with Crippen molar-refractivity contribution in [2.45, 2.75) is 13.5 Å². The normalized spacial score (nSPS) is 10.9. The molecule has 0 fully saturated rings. The van der Waals surface area contributed by atoms with E-state index >= 15 is 0 Å². The molecule has 0 atom stereocenters. The van der Waals surface area contributed by atoms with Crippen LogP contribution in [0.2, 0.25) is 0 Å². The van der Waals surface area contributed by atoms with E-state index in [9.17, 15) is 0 Å².